The summed E-state index contributed by atoms with van der Waals surface area (Å²) in [7, 11) is 0. The van der Waals surface area contributed by atoms with Gasteiger partial charge in [-0.15, -0.1) is 0 Å². The molecule has 0 amide bonds. The van der Waals surface area contributed by atoms with E-state index >= 15 is 0 Å². The average molecular weight is 239 g/mol. The highest BCUT2D eigenvalue weighted by atomic mass is 19.1. The normalized spacial score (nSPS) is 19.5. The molecule has 3 N–H and O–H groups in total. The summed E-state index contributed by atoms with van der Waals surface area (Å²) in [6, 6.07) is 4.39. The molecule has 2 rings (SSSR count). The molecule has 1 heterocycles. The Morgan fingerprint density at radius 3 is 2.65 bits per heavy atom. The van der Waals surface area contributed by atoms with E-state index in [0.717, 1.165) is 0 Å². The Bertz CT molecular complexity index is 457. The predicted octanol–water partition coefficient (Wildman–Crippen LogP) is 1.20. The molecule has 0 saturated carbocycles. The lowest BCUT2D eigenvalue weighted by Gasteiger charge is -2.38. The minimum Gasteiger partial charge on any atom is -0.481 e. The first kappa shape index (κ1) is 12.0. The first-order chi connectivity index (χ1) is 7.94. The molecule has 0 spiro atoms. The number of hydrogen-bond donors (Lipinski definition) is 2. The van der Waals surface area contributed by atoms with Crippen LogP contribution in [0, 0.1) is 5.82 Å². The van der Waals surface area contributed by atoms with E-state index in [2.05, 4.69) is 0 Å². The maximum absolute atomic E-state index is 13.9. The van der Waals surface area contributed by atoms with Crippen molar-refractivity contribution in [2.75, 3.05) is 13.2 Å². The summed E-state index contributed by atoms with van der Waals surface area (Å²) in [5.74, 6) is -2.18. The summed E-state index contributed by atoms with van der Waals surface area (Å²) in [4.78, 5) is 10.8. The number of aliphatic carboxylic acids is 1. The fourth-order valence-corrected chi connectivity index (χ4v) is 1.82. The van der Waals surface area contributed by atoms with Crippen LogP contribution in [0.3, 0.4) is 0 Å². The molecule has 1 aliphatic rings. The molecule has 0 aliphatic carbocycles. The van der Waals surface area contributed by atoms with Crippen molar-refractivity contribution in [3.8, 4) is 0 Å². The van der Waals surface area contributed by atoms with E-state index in [-0.39, 0.29) is 13.2 Å². The van der Waals surface area contributed by atoms with Gasteiger partial charge in [0, 0.05) is 5.56 Å². The first-order valence-electron chi connectivity index (χ1n) is 5.33. The van der Waals surface area contributed by atoms with Crippen molar-refractivity contribution >= 4 is 5.97 Å². The molecule has 1 aromatic rings. The molecule has 92 valence electrons. The molecule has 17 heavy (non-hydrogen) atoms. The van der Waals surface area contributed by atoms with E-state index in [1.54, 1.807) is 12.1 Å². The summed E-state index contributed by atoms with van der Waals surface area (Å²) in [5, 5.41) is 8.85. The van der Waals surface area contributed by atoms with Crippen molar-refractivity contribution in [1.29, 1.82) is 0 Å². The van der Waals surface area contributed by atoms with Crippen LogP contribution in [0.2, 0.25) is 0 Å². The van der Waals surface area contributed by atoms with Crippen LogP contribution in [0.1, 0.15) is 24.0 Å². The van der Waals surface area contributed by atoms with Gasteiger partial charge in [-0.2, -0.15) is 0 Å². The second-order valence-corrected chi connectivity index (χ2v) is 4.45. The van der Waals surface area contributed by atoms with Crippen LogP contribution in [0.4, 0.5) is 4.39 Å². The van der Waals surface area contributed by atoms with E-state index in [4.69, 9.17) is 15.6 Å². The molecule has 4 nitrogen and oxygen atoms in total. The smallest absolute Gasteiger partial charge is 0.310 e. The van der Waals surface area contributed by atoms with Gasteiger partial charge in [-0.05, 0) is 18.6 Å². The minimum absolute atomic E-state index is 0.289. The van der Waals surface area contributed by atoms with E-state index in [9.17, 15) is 9.18 Å². The van der Waals surface area contributed by atoms with Gasteiger partial charge in [0.2, 0.25) is 0 Å². The molecule has 5 heteroatoms. The van der Waals surface area contributed by atoms with Gasteiger partial charge in [0.25, 0.3) is 0 Å². The number of halogens is 1. The Labute approximate surface area is 98.2 Å². The summed E-state index contributed by atoms with van der Waals surface area (Å²) in [5.41, 5.74) is 5.97. The van der Waals surface area contributed by atoms with Gasteiger partial charge in [-0.3, -0.25) is 4.79 Å². The van der Waals surface area contributed by atoms with Gasteiger partial charge in [0.05, 0.1) is 24.7 Å². The highest BCUT2D eigenvalue weighted by molar-refractivity contribution is 5.75. The van der Waals surface area contributed by atoms with Crippen LogP contribution in [-0.2, 0) is 15.1 Å². The highest BCUT2D eigenvalue weighted by Gasteiger charge is 2.38. The molecule has 0 radical (unpaired) electrons. The number of nitrogens with two attached hydrogens (primary N) is 1. The zero-order chi connectivity index (χ0) is 12.6. The molecule has 1 aliphatic heterocycles. The standard InChI is InChI=1S/C12H14FNO3/c1-7(11(15)16)8-2-3-9(10(13)4-8)12(14)5-17-6-12/h2-4,7H,5-6,14H2,1H3,(H,15,16). The number of carboxylic acids is 1. The third kappa shape index (κ3) is 2.03. The largest absolute Gasteiger partial charge is 0.481 e. The van der Waals surface area contributed by atoms with Crippen molar-refractivity contribution in [2.24, 2.45) is 5.73 Å². The third-order valence-electron chi connectivity index (χ3n) is 3.12. The zero-order valence-corrected chi connectivity index (χ0v) is 9.44. The Balaban J connectivity index is 2.32. The number of carbonyl (C=O) groups is 1. The van der Waals surface area contributed by atoms with Crippen LogP contribution < -0.4 is 5.73 Å². The Morgan fingerprint density at radius 1 is 1.59 bits per heavy atom. The average Bonchev–Trinajstić information content (AvgIpc) is 2.24. The van der Waals surface area contributed by atoms with Gasteiger partial charge in [-0.25, -0.2) is 4.39 Å². The van der Waals surface area contributed by atoms with E-state index in [1.807, 2.05) is 0 Å². The number of benzene rings is 1. The number of ether oxygens (including phenoxy) is 1. The fourth-order valence-electron chi connectivity index (χ4n) is 1.82. The van der Waals surface area contributed by atoms with Crippen molar-refractivity contribution < 1.29 is 19.0 Å². The molecule has 0 bridgehead atoms. The minimum atomic E-state index is -0.980. The van der Waals surface area contributed by atoms with E-state index in [1.165, 1.54) is 13.0 Å². The van der Waals surface area contributed by atoms with Gasteiger partial charge in [0.15, 0.2) is 0 Å². The Kier molecular flexibility index (Phi) is 2.89. The van der Waals surface area contributed by atoms with Gasteiger partial charge >= 0.3 is 5.97 Å². The molecular weight excluding hydrogens is 225 g/mol. The summed E-state index contributed by atoms with van der Waals surface area (Å²) < 4.78 is 18.8. The topological polar surface area (TPSA) is 72.5 Å². The molecule has 1 aromatic carbocycles. The van der Waals surface area contributed by atoms with E-state index in [0.29, 0.717) is 11.1 Å². The lowest BCUT2D eigenvalue weighted by Crippen LogP contribution is -2.54. The SMILES string of the molecule is CC(C(=O)O)c1ccc(C2(N)COC2)c(F)c1. The van der Waals surface area contributed by atoms with Crippen molar-refractivity contribution in [3.63, 3.8) is 0 Å². The Hall–Kier alpha value is -1.46. The maximum Gasteiger partial charge on any atom is 0.310 e. The van der Waals surface area contributed by atoms with Crippen LogP contribution in [0.15, 0.2) is 18.2 Å². The number of hydrogen-bond acceptors (Lipinski definition) is 3. The zero-order valence-electron chi connectivity index (χ0n) is 9.44. The molecule has 1 fully saturated rings. The van der Waals surface area contributed by atoms with Crippen molar-refractivity contribution in [3.05, 3.63) is 35.1 Å². The number of rotatable bonds is 3. The lowest BCUT2D eigenvalue weighted by atomic mass is 9.87. The second-order valence-electron chi connectivity index (χ2n) is 4.45. The first-order valence-corrected chi connectivity index (χ1v) is 5.33. The quantitative estimate of drug-likeness (QED) is 0.831. The van der Waals surface area contributed by atoms with Crippen molar-refractivity contribution in [2.45, 2.75) is 18.4 Å². The van der Waals surface area contributed by atoms with Crippen molar-refractivity contribution in [1.82, 2.24) is 0 Å². The molecule has 1 unspecified atom stereocenters. The lowest BCUT2D eigenvalue weighted by molar-refractivity contribution is -0.138. The summed E-state index contributed by atoms with van der Waals surface area (Å²) in [6.45, 7) is 2.09. The molecular formula is C12H14FNO3. The van der Waals surface area contributed by atoms with Gasteiger partial charge < -0.3 is 15.6 Å². The summed E-state index contributed by atoms with van der Waals surface area (Å²) >= 11 is 0. The van der Waals surface area contributed by atoms with Crippen LogP contribution in [0.25, 0.3) is 0 Å². The van der Waals surface area contributed by atoms with Gasteiger partial charge in [-0.1, -0.05) is 12.1 Å². The van der Waals surface area contributed by atoms with Crippen LogP contribution in [0.5, 0.6) is 0 Å². The molecule has 0 aromatic heterocycles. The predicted molar refractivity (Wildman–Crippen MR) is 59.1 cm³/mol. The van der Waals surface area contributed by atoms with Crippen LogP contribution in [-0.4, -0.2) is 24.3 Å². The highest BCUT2D eigenvalue weighted by Crippen LogP contribution is 2.30. The van der Waals surface area contributed by atoms with E-state index < -0.39 is 23.2 Å². The fraction of sp³-hybridized carbons (Fsp3) is 0.417. The Morgan fingerprint density at radius 2 is 2.24 bits per heavy atom. The monoisotopic (exact) mass is 239 g/mol. The van der Waals surface area contributed by atoms with Gasteiger partial charge in [0.1, 0.15) is 5.82 Å². The van der Waals surface area contributed by atoms with Crippen LogP contribution >= 0.6 is 0 Å². The molecule has 1 atom stereocenters. The maximum atomic E-state index is 13.9. The summed E-state index contributed by atoms with van der Waals surface area (Å²) in [6.07, 6.45) is 0. The third-order valence-corrected chi connectivity index (χ3v) is 3.12. The molecule has 1 saturated heterocycles. The second kappa shape index (κ2) is 4.09. The number of carboxylic acid groups (broad SMARTS) is 1.